The lowest BCUT2D eigenvalue weighted by Crippen LogP contribution is -2.46. The van der Waals surface area contributed by atoms with Crippen molar-refractivity contribution in [2.45, 2.75) is 25.3 Å². The number of hydrogen-bond donors (Lipinski definition) is 1. The van der Waals surface area contributed by atoms with E-state index >= 15 is 0 Å². The van der Waals surface area contributed by atoms with Gasteiger partial charge in [0, 0.05) is 58.4 Å². The Morgan fingerprint density at radius 1 is 1.26 bits per heavy atom. The van der Waals surface area contributed by atoms with Gasteiger partial charge in [-0.25, -0.2) is 0 Å². The molecule has 0 spiro atoms. The quantitative estimate of drug-likeness (QED) is 0.473. The summed E-state index contributed by atoms with van der Waals surface area (Å²) < 4.78 is 7.53. The predicted molar refractivity (Wildman–Crippen MR) is 105 cm³/mol. The van der Waals surface area contributed by atoms with Gasteiger partial charge in [-0.2, -0.15) is 0 Å². The first kappa shape index (κ1) is 18.2. The Morgan fingerprint density at radius 2 is 2.15 bits per heavy atom. The molecule has 0 amide bonds. The average molecular weight is 371 g/mol. The average Bonchev–Trinajstić information content (AvgIpc) is 3.36. The molecule has 2 aliphatic heterocycles. The van der Waals surface area contributed by atoms with Crippen molar-refractivity contribution < 1.29 is 4.74 Å². The summed E-state index contributed by atoms with van der Waals surface area (Å²) in [6, 6.07) is 6.60. The predicted octanol–water partition coefficient (Wildman–Crippen LogP) is 0.644. The highest BCUT2D eigenvalue weighted by Gasteiger charge is 2.30. The number of nitrogens with one attached hydrogen (secondary N) is 1. The van der Waals surface area contributed by atoms with Gasteiger partial charge in [-0.1, -0.05) is 6.07 Å². The lowest BCUT2D eigenvalue weighted by Gasteiger charge is -2.32. The number of nitrogens with zero attached hydrogens (tertiary/aromatic N) is 6. The fourth-order valence-electron chi connectivity index (χ4n) is 4.02. The van der Waals surface area contributed by atoms with Gasteiger partial charge >= 0.3 is 0 Å². The number of hydrogen-bond acceptors (Lipinski definition) is 5. The van der Waals surface area contributed by atoms with Crippen LogP contribution in [0.2, 0.25) is 0 Å². The second kappa shape index (κ2) is 8.67. The topological polar surface area (TPSA) is 70.3 Å². The molecule has 1 N–H and O–H groups in total. The molecule has 2 aromatic rings. The van der Waals surface area contributed by atoms with Crippen LogP contribution in [0.4, 0.5) is 0 Å². The van der Waals surface area contributed by atoms with Crippen molar-refractivity contribution in [3.8, 4) is 0 Å². The number of morpholine rings is 1. The van der Waals surface area contributed by atoms with Gasteiger partial charge in [0.2, 0.25) is 0 Å². The summed E-state index contributed by atoms with van der Waals surface area (Å²) in [7, 11) is 1.87. The van der Waals surface area contributed by atoms with Gasteiger partial charge < -0.3 is 15.0 Å². The Bertz CT molecular complexity index is 768. The van der Waals surface area contributed by atoms with E-state index in [0.29, 0.717) is 6.04 Å². The number of aromatic nitrogens is 3. The van der Waals surface area contributed by atoms with Crippen LogP contribution in [0.1, 0.15) is 18.7 Å². The number of guanidine groups is 1. The smallest absolute Gasteiger partial charge is 0.193 e. The molecule has 0 bridgehead atoms. The molecule has 2 saturated heterocycles. The summed E-state index contributed by atoms with van der Waals surface area (Å²) in [5.74, 6) is 2.02. The third kappa shape index (κ3) is 4.22. The highest BCUT2D eigenvalue weighted by Crippen LogP contribution is 2.17. The van der Waals surface area contributed by atoms with Gasteiger partial charge in [-0.05, 0) is 25.0 Å². The first-order valence-corrected chi connectivity index (χ1v) is 9.91. The van der Waals surface area contributed by atoms with Crippen molar-refractivity contribution in [1.29, 1.82) is 0 Å². The van der Waals surface area contributed by atoms with Crippen LogP contribution in [0.15, 0.2) is 29.4 Å². The number of aliphatic imine (C=N–C) groups is 1. The molecular weight excluding hydrogens is 342 g/mol. The van der Waals surface area contributed by atoms with Crippen molar-refractivity contribution in [3.05, 3.63) is 30.2 Å². The van der Waals surface area contributed by atoms with Crippen LogP contribution in [0.5, 0.6) is 0 Å². The molecule has 146 valence electrons. The zero-order valence-corrected chi connectivity index (χ0v) is 16.0. The minimum atomic E-state index is 0.620. The maximum absolute atomic E-state index is 5.47. The summed E-state index contributed by atoms with van der Waals surface area (Å²) in [6.07, 6.45) is 5.11. The van der Waals surface area contributed by atoms with E-state index in [1.165, 1.54) is 6.42 Å². The molecule has 1 unspecified atom stereocenters. The molecule has 27 heavy (non-hydrogen) atoms. The summed E-state index contributed by atoms with van der Waals surface area (Å²) in [5.41, 5.74) is 0.905. The highest BCUT2D eigenvalue weighted by atomic mass is 16.5. The number of rotatable bonds is 5. The van der Waals surface area contributed by atoms with Crippen molar-refractivity contribution in [3.63, 3.8) is 0 Å². The van der Waals surface area contributed by atoms with Gasteiger partial charge in [-0.15, -0.1) is 10.2 Å². The number of fused-ring (bicyclic) bond motifs is 1. The molecule has 0 aromatic carbocycles. The van der Waals surface area contributed by atoms with Crippen LogP contribution < -0.4 is 5.32 Å². The van der Waals surface area contributed by atoms with Crippen molar-refractivity contribution >= 4 is 11.6 Å². The Labute approximate surface area is 160 Å². The van der Waals surface area contributed by atoms with Gasteiger partial charge in [0.1, 0.15) is 5.82 Å². The minimum Gasteiger partial charge on any atom is -0.379 e. The molecule has 0 radical (unpaired) electrons. The Hall–Kier alpha value is -2.19. The van der Waals surface area contributed by atoms with E-state index in [4.69, 9.17) is 4.74 Å². The van der Waals surface area contributed by atoms with Crippen LogP contribution in [0, 0.1) is 0 Å². The molecule has 2 aromatic heterocycles. The van der Waals surface area contributed by atoms with Crippen LogP contribution in [-0.4, -0.2) is 89.4 Å². The Morgan fingerprint density at radius 3 is 3.00 bits per heavy atom. The minimum absolute atomic E-state index is 0.620. The van der Waals surface area contributed by atoms with Gasteiger partial charge in [0.05, 0.1) is 13.2 Å². The van der Waals surface area contributed by atoms with Gasteiger partial charge in [0.15, 0.2) is 11.6 Å². The van der Waals surface area contributed by atoms with E-state index in [9.17, 15) is 0 Å². The monoisotopic (exact) mass is 371 g/mol. The van der Waals surface area contributed by atoms with E-state index in [0.717, 1.165) is 76.2 Å². The SMILES string of the molecule is CN=C(NCCCc1nnc2ccccn12)N1CCC(N2CCOCC2)C1. The molecule has 4 rings (SSSR count). The van der Waals surface area contributed by atoms with Crippen molar-refractivity contribution in [1.82, 2.24) is 29.7 Å². The van der Waals surface area contributed by atoms with Crippen LogP contribution in [0.3, 0.4) is 0 Å². The standard InChI is InChI=1S/C19H29N7O/c1-20-19(25-10-7-16(15-25)24-11-13-27-14-12-24)21-8-4-6-18-23-22-17-5-2-3-9-26(17)18/h2-3,5,9,16H,4,6-8,10-15H2,1H3,(H,20,21). The van der Waals surface area contributed by atoms with Crippen molar-refractivity contribution in [2.75, 3.05) is 53.0 Å². The summed E-state index contributed by atoms with van der Waals surface area (Å²) >= 11 is 0. The normalized spacial score (nSPS) is 21.9. The van der Waals surface area contributed by atoms with Gasteiger partial charge in [0.25, 0.3) is 0 Å². The third-order valence-electron chi connectivity index (χ3n) is 5.48. The molecule has 2 aliphatic rings. The zero-order chi connectivity index (χ0) is 18.5. The van der Waals surface area contributed by atoms with E-state index in [1.807, 2.05) is 31.4 Å². The fraction of sp³-hybridized carbons (Fsp3) is 0.632. The Balaban J connectivity index is 1.24. The summed E-state index contributed by atoms with van der Waals surface area (Å²) in [4.78, 5) is 9.43. The highest BCUT2D eigenvalue weighted by molar-refractivity contribution is 5.80. The number of aryl methyl sites for hydroxylation is 1. The molecule has 0 saturated carbocycles. The van der Waals surface area contributed by atoms with Crippen LogP contribution >= 0.6 is 0 Å². The van der Waals surface area contributed by atoms with Crippen LogP contribution in [0.25, 0.3) is 5.65 Å². The van der Waals surface area contributed by atoms with Crippen LogP contribution in [-0.2, 0) is 11.2 Å². The molecule has 8 heteroatoms. The number of ether oxygens (including phenoxy) is 1. The lowest BCUT2D eigenvalue weighted by molar-refractivity contribution is 0.0195. The van der Waals surface area contributed by atoms with Crippen molar-refractivity contribution in [2.24, 2.45) is 4.99 Å². The molecule has 8 nitrogen and oxygen atoms in total. The first-order chi connectivity index (χ1) is 13.3. The number of likely N-dealkylation sites (tertiary alicyclic amines) is 1. The second-order valence-electron chi connectivity index (χ2n) is 7.16. The van der Waals surface area contributed by atoms with E-state index < -0.39 is 0 Å². The lowest BCUT2D eigenvalue weighted by atomic mass is 10.2. The second-order valence-corrected chi connectivity index (χ2v) is 7.16. The van der Waals surface area contributed by atoms with E-state index in [-0.39, 0.29) is 0 Å². The van der Waals surface area contributed by atoms with E-state index in [2.05, 4.69) is 34.7 Å². The molecular formula is C19H29N7O. The first-order valence-electron chi connectivity index (χ1n) is 9.91. The Kier molecular flexibility index (Phi) is 5.84. The summed E-state index contributed by atoms with van der Waals surface area (Å²) in [6.45, 7) is 6.83. The summed E-state index contributed by atoms with van der Waals surface area (Å²) in [5, 5.41) is 12.0. The van der Waals surface area contributed by atoms with E-state index in [1.54, 1.807) is 0 Å². The maximum Gasteiger partial charge on any atom is 0.193 e. The largest absolute Gasteiger partial charge is 0.379 e. The third-order valence-corrected chi connectivity index (χ3v) is 5.48. The van der Waals surface area contributed by atoms with Gasteiger partial charge in [-0.3, -0.25) is 14.3 Å². The maximum atomic E-state index is 5.47. The zero-order valence-electron chi connectivity index (χ0n) is 16.0. The molecule has 0 aliphatic carbocycles. The molecule has 1 atom stereocenters. The molecule has 2 fully saturated rings. The number of pyridine rings is 1. The fourth-order valence-corrected chi connectivity index (χ4v) is 4.02. The molecule has 4 heterocycles.